The summed E-state index contributed by atoms with van der Waals surface area (Å²) in [6, 6.07) is 20.9. The van der Waals surface area contributed by atoms with E-state index in [0.29, 0.717) is 13.2 Å². The molecular formula is C30H50Br2N2O4+2. The Balaban J connectivity index is 0.00000361. The fraction of sp³-hybridized carbons (Fsp3) is 0.600. The van der Waals surface area contributed by atoms with Crippen molar-refractivity contribution in [2.45, 2.75) is 27.1 Å². The lowest BCUT2D eigenvalue weighted by molar-refractivity contribution is -1.03. The Morgan fingerprint density at radius 3 is 1.13 bits per heavy atom. The first-order chi connectivity index (χ1) is 17.7. The van der Waals surface area contributed by atoms with Gasteiger partial charge in [-0.25, -0.2) is 0 Å². The van der Waals surface area contributed by atoms with Crippen molar-refractivity contribution in [3.63, 3.8) is 0 Å². The molecule has 216 valence electrons. The number of halogens is 2. The van der Waals surface area contributed by atoms with Gasteiger partial charge in [-0.15, -0.1) is 34.0 Å². The highest BCUT2D eigenvalue weighted by molar-refractivity contribution is 8.93. The molecule has 0 atom stereocenters. The number of quaternary nitrogens is 2. The second-order valence-electron chi connectivity index (χ2n) is 9.94. The number of hydrogen-bond donors (Lipinski definition) is 0. The van der Waals surface area contributed by atoms with Gasteiger partial charge in [0.25, 0.3) is 0 Å². The zero-order valence-corrected chi connectivity index (χ0v) is 26.9. The molecule has 1 heterocycles. The van der Waals surface area contributed by atoms with Gasteiger partial charge in [-0.3, -0.25) is 0 Å². The van der Waals surface area contributed by atoms with E-state index in [-0.39, 0.29) is 34.0 Å². The molecule has 8 heteroatoms. The van der Waals surface area contributed by atoms with Crippen LogP contribution in [-0.4, -0.2) is 101 Å². The van der Waals surface area contributed by atoms with E-state index in [1.54, 1.807) is 0 Å². The quantitative estimate of drug-likeness (QED) is 0.161. The molecule has 0 unspecified atom stereocenters. The third-order valence-corrected chi connectivity index (χ3v) is 7.57. The van der Waals surface area contributed by atoms with Crippen LogP contribution in [0.2, 0.25) is 0 Å². The molecule has 0 aromatic heterocycles. The number of hydrogen-bond acceptors (Lipinski definition) is 4. The van der Waals surface area contributed by atoms with Crippen molar-refractivity contribution < 1.29 is 27.9 Å². The lowest BCUT2D eigenvalue weighted by Crippen LogP contribution is -2.69. The summed E-state index contributed by atoms with van der Waals surface area (Å²) in [6.07, 6.45) is 0. The van der Waals surface area contributed by atoms with Gasteiger partial charge in [0.1, 0.15) is 52.4 Å². The molecule has 2 aromatic carbocycles. The normalized spacial score (nSPS) is 20.9. The van der Waals surface area contributed by atoms with Crippen LogP contribution in [0.4, 0.5) is 0 Å². The van der Waals surface area contributed by atoms with E-state index in [2.05, 4.69) is 62.4 Å². The first-order valence-corrected chi connectivity index (χ1v) is 13.8. The molecule has 1 fully saturated rings. The molecule has 0 bridgehead atoms. The average molecular weight is 663 g/mol. The minimum Gasteiger partial charge on any atom is -0.376 e. The van der Waals surface area contributed by atoms with Gasteiger partial charge >= 0.3 is 0 Å². The molecule has 0 aliphatic carbocycles. The molecule has 0 N–H and O–H groups in total. The van der Waals surface area contributed by atoms with Crippen LogP contribution in [-0.2, 0) is 32.2 Å². The number of rotatable bonds is 18. The lowest BCUT2D eigenvalue weighted by atomic mass is 10.1. The van der Waals surface area contributed by atoms with Crippen LogP contribution in [0.3, 0.4) is 0 Å². The molecule has 1 aliphatic rings. The second kappa shape index (κ2) is 20.1. The number of benzene rings is 2. The minimum absolute atomic E-state index is 0. The van der Waals surface area contributed by atoms with Crippen LogP contribution >= 0.6 is 34.0 Å². The molecule has 3 rings (SSSR count). The van der Waals surface area contributed by atoms with Crippen molar-refractivity contribution in [1.29, 1.82) is 0 Å². The van der Waals surface area contributed by atoms with Crippen LogP contribution in [0.15, 0.2) is 60.7 Å². The van der Waals surface area contributed by atoms with Crippen molar-refractivity contribution >= 4 is 34.0 Å². The van der Waals surface area contributed by atoms with E-state index < -0.39 is 0 Å². The van der Waals surface area contributed by atoms with Gasteiger partial charge in [0.15, 0.2) is 0 Å². The van der Waals surface area contributed by atoms with Gasteiger partial charge in [0.2, 0.25) is 0 Å². The SMILES string of the molecule is Br.Br.CCOCC[N+]1(CCOCc2ccccc2)CC[N+](CCOCC)(CCOCc2ccccc2)CC1. The van der Waals surface area contributed by atoms with E-state index in [1.165, 1.54) is 11.1 Å². The largest absolute Gasteiger partial charge is 0.376 e. The first kappa shape index (κ1) is 35.2. The van der Waals surface area contributed by atoms with Gasteiger partial charge in [-0.05, 0) is 25.0 Å². The van der Waals surface area contributed by atoms with Crippen LogP contribution in [0, 0.1) is 0 Å². The van der Waals surface area contributed by atoms with Crippen LogP contribution in [0.5, 0.6) is 0 Å². The van der Waals surface area contributed by atoms with E-state index >= 15 is 0 Å². The van der Waals surface area contributed by atoms with Crippen molar-refractivity contribution in [2.75, 3.05) is 92.0 Å². The van der Waals surface area contributed by atoms with Crippen molar-refractivity contribution in [3.8, 4) is 0 Å². The zero-order chi connectivity index (χ0) is 25.4. The van der Waals surface area contributed by atoms with Gasteiger partial charge in [-0.2, -0.15) is 0 Å². The zero-order valence-electron chi connectivity index (χ0n) is 23.4. The highest BCUT2D eigenvalue weighted by atomic mass is 79.9. The second-order valence-corrected chi connectivity index (χ2v) is 9.94. The van der Waals surface area contributed by atoms with Crippen molar-refractivity contribution in [1.82, 2.24) is 0 Å². The standard InChI is InChI=1S/C30H48N2O4.2BrH/c1-3-33-23-19-31(21-25-35-27-29-11-7-5-8-12-29)15-17-32(18-16-31,20-24-34-4-2)22-26-36-28-30-13-9-6-10-14-30;;/h5-14H,3-4,15-28H2,1-2H3;2*1H/q+2;;. The average Bonchev–Trinajstić information content (AvgIpc) is 2.92. The maximum absolute atomic E-state index is 6.11. The van der Waals surface area contributed by atoms with Crippen LogP contribution < -0.4 is 0 Å². The van der Waals surface area contributed by atoms with Gasteiger partial charge in [0.05, 0.1) is 39.6 Å². The Morgan fingerprint density at radius 2 is 0.816 bits per heavy atom. The molecule has 0 saturated carbocycles. The van der Waals surface area contributed by atoms with Gasteiger partial charge < -0.3 is 27.9 Å². The summed E-state index contributed by atoms with van der Waals surface area (Å²) in [5.74, 6) is 0. The Hall–Kier alpha value is -0.840. The highest BCUT2D eigenvalue weighted by Crippen LogP contribution is 2.20. The maximum Gasteiger partial charge on any atom is 0.129 e. The molecule has 38 heavy (non-hydrogen) atoms. The summed E-state index contributed by atoms with van der Waals surface area (Å²) >= 11 is 0. The Kier molecular flexibility index (Phi) is 18.6. The molecule has 0 radical (unpaired) electrons. The summed E-state index contributed by atoms with van der Waals surface area (Å²) in [5.41, 5.74) is 2.47. The monoisotopic (exact) mass is 660 g/mol. The summed E-state index contributed by atoms with van der Waals surface area (Å²) in [5, 5.41) is 0. The third-order valence-electron chi connectivity index (χ3n) is 7.57. The lowest BCUT2D eigenvalue weighted by Gasteiger charge is -2.49. The van der Waals surface area contributed by atoms with E-state index in [9.17, 15) is 0 Å². The molecule has 2 aromatic rings. The predicted molar refractivity (Wildman–Crippen MR) is 165 cm³/mol. The first-order valence-electron chi connectivity index (χ1n) is 13.8. The topological polar surface area (TPSA) is 36.9 Å². The molecule has 0 amide bonds. The number of piperazine rings is 1. The van der Waals surface area contributed by atoms with Crippen LogP contribution in [0.25, 0.3) is 0 Å². The predicted octanol–water partition coefficient (Wildman–Crippen LogP) is 5.30. The number of ether oxygens (including phenoxy) is 4. The third kappa shape index (κ3) is 12.6. The Labute approximate surface area is 251 Å². The molecule has 1 aliphatic heterocycles. The maximum atomic E-state index is 6.11. The summed E-state index contributed by atoms with van der Waals surface area (Å²) in [7, 11) is 0. The van der Waals surface area contributed by atoms with Gasteiger partial charge in [-0.1, -0.05) is 60.7 Å². The summed E-state index contributed by atoms with van der Waals surface area (Å²) in [6.45, 7) is 19.0. The minimum atomic E-state index is 0. The van der Waals surface area contributed by atoms with E-state index in [0.717, 1.165) is 101 Å². The molecule has 1 saturated heterocycles. The fourth-order valence-electron chi connectivity index (χ4n) is 5.04. The molecule has 6 nitrogen and oxygen atoms in total. The molecule has 0 spiro atoms. The van der Waals surface area contributed by atoms with E-state index in [4.69, 9.17) is 18.9 Å². The molecular weight excluding hydrogens is 612 g/mol. The number of nitrogens with zero attached hydrogens (tertiary/aromatic N) is 2. The summed E-state index contributed by atoms with van der Waals surface area (Å²) < 4.78 is 25.9. The van der Waals surface area contributed by atoms with Crippen molar-refractivity contribution in [3.05, 3.63) is 71.8 Å². The van der Waals surface area contributed by atoms with Gasteiger partial charge in [0, 0.05) is 13.2 Å². The summed E-state index contributed by atoms with van der Waals surface area (Å²) in [4.78, 5) is 0. The van der Waals surface area contributed by atoms with Crippen LogP contribution in [0.1, 0.15) is 25.0 Å². The fourth-order valence-corrected chi connectivity index (χ4v) is 5.04. The van der Waals surface area contributed by atoms with Crippen molar-refractivity contribution in [2.24, 2.45) is 0 Å². The van der Waals surface area contributed by atoms with E-state index in [1.807, 2.05) is 12.1 Å². The highest BCUT2D eigenvalue weighted by Gasteiger charge is 2.41. The Bertz CT molecular complexity index is 752. The Morgan fingerprint density at radius 1 is 0.500 bits per heavy atom. The smallest absolute Gasteiger partial charge is 0.129 e.